The van der Waals surface area contributed by atoms with Gasteiger partial charge >= 0.3 is 0 Å². The van der Waals surface area contributed by atoms with Gasteiger partial charge in [0.1, 0.15) is 12.1 Å². The summed E-state index contributed by atoms with van der Waals surface area (Å²) in [5.41, 5.74) is -0.0422. The van der Waals surface area contributed by atoms with Crippen LogP contribution in [0, 0.1) is 6.92 Å². The fourth-order valence-corrected chi connectivity index (χ4v) is 3.45. The number of carbonyl (C=O) groups is 1. The van der Waals surface area contributed by atoms with Crippen molar-refractivity contribution in [3.8, 4) is 0 Å². The van der Waals surface area contributed by atoms with E-state index < -0.39 is 5.60 Å². The van der Waals surface area contributed by atoms with E-state index >= 15 is 0 Å². The molecule has 2 N–H and O–H groups in total. The molecule has 23 heavy (non-hydrogen) atoms. The van der Waals surface area contributed by atoms with Crippen molar-refractivity contribution in [2.45, 2.75) is 25.4 Å². The molecular formula is C16H20N4O2S. The lowest BCUT2D eigenvalue weighted by Crippen LogP contribution is -2.54. The molecule has 1 saturated heterocycles. The first-order chi connectivity index (χ1) is 11.1. The highest BCUT2D eigenvalue weighted by atomic mass is 32.1. The Morgan fingerprint density at radius 2 is 2.39 bits per heavy atom. The van der Waals surface area contributed by atoms with Gasteiger partial charge in [-0.3, -0.25) is 4.79 Å². The van der Waals surface area contributed by atoms with E-state index in [2.05, 4.69) is 20.2 Å². The van der Waals surface area contributed by atoms with Gasteiger partial charge in [-0.2, -0.15) is 0 Å². The van der Waals surface area contributed by atoms with Gasteiger partial charge in [0, 0.05) is 31.4 Å². The largest absolute Gasteiger partial charge is 0.386 e. The number of amides is 1. The zero-order valence-electron chi connectivity index (χ0n) is 13.0. The molecule has 0 unspecified atom stereocenters. The highest BCUT2D eigenvalue weighted by Crippen LogP contribution is 2.24. The van der Waals surface area contributed by atoms with E-state index in [0.29, 0.717) is 17.8 Å². The number of aryl methyl sites for hydroxylation is 1. The first-order valence-corrected chi connectivity index (χ1v) is 8.51. The molecule has 0 saturated carbocycles. The molecule has 1 fully saturated rings. The molecule has 6 nitrogen and oxygen atoms in total. The van der Waals surface area contributed by atoms with Crippen LogP contribution in [0.15, 0.2) is 29.9 Å². The summed E-state index contributed by atoms with van der Waals surface area (Å²) >= 11 is 1.39. The average molecular weight is 332 g/mol. The van der Waals surface area contributed by atoms with Crippen LogP contribution in [0.25, 0.3) is 0 Å². The van der Waals surface area contributed by atoms with Gasteiger partial charge in [0.25, 0.3) is 5.91 Å². The average Bonchev–Trinajstić information content (AvgIpc) is 3.07. The lowest BCUT2D eigenvalue weighted by Gasteiger charge is -2.39. The van der Waals surface area contributed by atoms with Gasteiger partial charge in [-0.05, 0) is 31.2 Å². The van der Waals surface area contributed by atoms with E-state index in [4.69, 9.17) is 0 Å². The van der Waals surface area contributed by atoms with Crippen LogP contribution in [-0.4, -0.2) is 46.2 Å². The van der Waals surface area contributed by atoms with Gasteiger partial charge in [-0.1, -0.05) is 6.07 Å². The van der Waals surface area contributed by atoms with Crippen molar-refractivity contribution in [3.63, 3.8) is 0 Å². The lowest BCUT2D eigenvalue weighted by molar-refractivity contribution is 0.0255. The number of aromatic nitrogens is 2. The van der Waals surface area contributed by atoms with E-state index in [0.717, 1.165) is 24.5 Å². The molecule has 3 rings (SSSR count). The lowest BCUT2D eigenvalue weighted by atomic mass is 9.92. The standard InChI is InChI=1S/C16H20N4O2S/c1-12-8-14(19-11-18-12)20-6-3-5-16(22,10-20)9-17-15(21)13-4-2-7-23-13/h2,4,7-8,11,22H,3,5-6,9-10H2,1H3,(H,17,21)/t16-/m1/s1. The summed E-state index contributed by atoms with van der Waals surface area (Å²) in [5.74, 6) is 0.684. The van der Waals surface area contributed by atoms with Gasteiger partial charge in [0.2, 0.25) is 0 Å². The quantitative estimate of drug-likeness (QED) is 0.889. The molecule has 0 aliphatic carbocycles. The van der Waals surface area contributed by atoms with Crippen LogP contribution >= 0.6 is 11.3 Å². The molecule has 7 heteroatoms. The minimum atomic E-state index is -0.940. The molecule has 122 valence electrons. The molecule has 1 amide bonds. The van der Waals surface area contributed by atoms with E-state index in [9.17, 15) is 9.90 Å². The zero-order chi connectivity index (χ0) is 16.3. The number of carbonyl (C=O) groups excluding carboxylic acids is 1. The normalized spacial score (nSPS) is 21.2. The van der Waals surface area contributed by atoms with Gasteiger partial charge in [-0.25, -0.2) is 9.97 Å². The number of aliphatic hydroxyl groups is 1. The Labute approximate surface area is 139 Å². The third-order valence-electron chi connectivity index (χ3n) is 3.99. The molecule has 0 aromatic carbocycles. The van der Waals surface area contributed by atoms with Crippen LogP contribution in [0.4, 0.5) is 5.82 Å². The minimum Gasteiger partial charge on any atom is -0.386 e. The molecule has 2 aromatic heterocycles. The van der Waals surface area contributed by atoms with Crippen LogP contribution in [0.5, 0.6) is 0 Å². The molecule has 0 bridgehead atoms. The smallest absolute Gasteiger partial charge is 0.261 e. The predicted octanol–water partition coefficient (Wildman–Crippen LogP) is 1.61. The number of anilines is 1. The Kier molecular flexibility index (Phi) is 4.58. The van der Waals surface area contributed by atoms with Crippen LogP contribution in [0.1, 0.15) is 28.2 Å². The van der Waals surface area contributed by atoms with Crippen molar-refractivity contribution in [2.24, 2.45) is 0 Å². The molecule has 1 aliphatic rings. The fraction of sp³-hybridized carbons (Fsp3) is 0.438. The molecular weight excluding hydrogens is 312 g/mol. The minimum absolute atomic E-state index is 0.136. The fourth-order valence-electron chi connectivity index (χ4n) is 2.81. The molecule has 1 aliphatic heterocycles. The molecule has 2 aromatic rings. The Bertz CT molecular complexity index is 676. The van der Waals surface area contributed by atoms with Gasteiger partial charge in [-0.15, -0.1) is 11.3 Å². The second-order valence-electron chi connectivity index (χ2n) is 5.93. The van der Waals surface area contributed by atoms with Crippen LogP contribution < -0.4 is 10.2 Å². The molecule has 0 spiro atoms. The van der Waals surface area contributed by atoms with E-state index in [1.54, 1.807) is 6.07 Å². The number of piperidine rings is 1. The maximum absolute atomic E-state index is 12.0. The Morgan fingerprint density at radius 1 is 1.52 bits per heavy atom. The third kappa shape index (κ3) is 3.86. The first-order valence-electron chi connectivity index (χ1n) is 7.63. The second-order valence-corrected chi connectivity index (χ2v) is 6.87. The van der Waals surface area contributed by atoms with Crippen LogP contribution in [-0.2, 0) is 0 Å². The van der Waals surface area contributed by atoms with Crippen molar-refractivity contribution in [1.29, 1.82) is 0 Å². The maximum Gasteiger partial charge on any atom is 0.261 e. The Hall–Kier alpha value is -1.99. The molecule has 1 atom stereocenters. The van der Waals surface area contributed by atoms with Crippen molar-refractivity contribution < 1.29 is 9.90 Å². The van der Waals surface area contributed by atoms with Crippen LogP contribution in [0.3, 0.4) is 0 Å². The summed E-state index contributed by atoms with van der Waals surface area (Å²) in [6, 6.07) is 5.53. The number of thiophene rings is 1. The van der Waals surface area contributed by atoms with Crippen molar-refractivity contribution in [1.82, 2.24) is 15.3 Å². The van der Waals surface area contributed by atoms with E-state index in [-0.39, 0.29) is 12.5 Å². The number of β-amino-alcohol motifs (C(OH)–C–C–N with tert-alkyl or cyclic N) is 1. The predicted molar refractivity (Wildman–Crippen MR) is 89.8 cm³/mol. The molecule has 0 radical (unpaired) electrons. The summed E-state index contributed by atoms with van der Waals surface area (Å²) in [7, 11) is 0. The van der Waals surface area contributed by atoms with Gasteiger partial charge in [0.15, 0.2) is 0 Å². The van der Waals surface area contributed by atoms with Crippen molar-refractivity contribution in [2.75, 3.05) is 24.5 Å². The third-order valence-corrected chi connectivity index (χ3v) is 4.86. The number of hydrogen-bond donors (Lipinski definition) is 2. The van der Waals surface area contributed by atoms with E-state index in [1.807, 2.05) is 24.4 Å². The number of hydrogen-bond acceptors (Lipinski definition) is 6. The topological polar surface area (TPSA) is 78.4 Å². The van der Waals surface area contributed by atoms with Gasteiger partial charge in [0.05, 0.1) is 10.5 Å². The summed E-state index contributed by atoms with van der Waals surface area (Å²) in [6.07, 6.45) is 3.06. The van der Waals surface area contributed by atoms with Crippen molar-refractivity contribution in [3.05, 3.63) is 40.5 Å². The molecule has 3 heterocycles. The number of rotatable bonds is 4. The summed E-state index contributed by atoms with van der Waals surface area (Å²) in [6.45, 7) is 3.46. The number of nitrogens with one attached hydrogen (secondary N) is 1. The summed E-state index contributed by atoms with van der Waals surface area (Å²) < 4.78 is 0. The maximum atomic E-state index is 12.0. The summed E-state index contributed by atoms with van der Waals surface area (Å²) in [4.78, 5) is 23.1. The van der Waals surface area contributed by atoms with E-state index in [1.165, 1.54) is 17.7 Å². The summed E-state index contributed by atoms with van der Waals surface area (Å²) in [5, 5.41) is 15.5. The zero-order valence-corrected chi connectivity index (χ0v) is 13.8. The Balaban J connectivity index is 1.63. The Morgan fingerprint density at radius 3 is 3.13 bits per heavy atom. The first kappa shape index (κ1) is 15.9. The monoisotopic (exact) mass is 332 g/mol. The highest BCUT2D eigenvalue weighted by Gasteiger charge is 2.34. The number of nitrogens with zero attached hydrogens (tertiary/aromatic N) is 3. The second kappa shape index (κ2) is 6.64. The van der Waals surface area contributed by atoms with Crippen LogP contribution in [0.2, 0.25) is 0 Å². The van der Waals surface area contributed by atoms with Gasteiger partial charge < -0.3 is 15.3 Å². The SMILES string of the molecule is Cc1cc(N2CCC[C@@](O)(CNC(=O)c3cccs3)C2)ncn1. The van der Waals surface area contributed by atoms with Crippen molar-refractivity contribution >= 4 is 23.1 Å². The highest BCUT2D eigenvalue weighted by molar-refractivity contribution is 7.12.